The van der Waals surface area contributed by atoms with E-state index < -0.39 is 0 Å². The molecular formula is C16H25N3O2. The van der Waals surface area contributed by atoms with Crippen LogP contribution in [0.1, 0.15) is 37.0 Å². The number of aryl methyl sites for hydroxylation is 1. The minimum absolute atomic E-state index is 0.0479. The first-order valence-electron chi connectivity index (χ1n) is 7.67. The molecule has 1 aromatic rings. The van der Waals surface area contributed by atoms with E-state index in [1.54, 1.807) is 19.3 Å². The average molecular weight is 291 g/mol. The van der Waals surface area contributed by atoms with Gasteiger partial charge in [-0.15, -0.1) is 0 Å². The molecular weight excluding hydrogens is 266 g/mol. The molecule has 1 atom stereocenters. The maximum atomic E-state index is 12.7. The van der Waals surface area contributed by atoms with Gasteiger partial charge in [-0.3, -0.25) is 9.59 Å². The van der Waals surface area contributed by atoms with Crippen molar-refractivity contribution >= 4 is 5.91 Å². The van der Waals surface area contributed by atoms with Crippen molar-refractivity contribution in [2.24, 2.45) is 13.0 Å². The van der Waals surface area contributed by atoms with Gasteiger partial charge in [0.25, 0.3) is 11.5 Å². The Kier molecular flexibility index (Phi) is 5.17. The van der Waals surface area contributed by atoms with Crippen LogP contribution in [0.25, 0.3) is 0 Å². The first-order valence-corrected chi connectivity index (χ1v) is 7.67. The smallest absolute Gasteiger partial charge is 0.254 e. The van der Waals surface area contributed by atoms with Crippen molar-refractivity contribution < 1.29 is 4.79 Å². The largest absolute Gasteiger partial charge is 0.336 e. The molecule has 116 valence electrons. The molecule has 2 heterocycles. The van der Waals surface area contributed by atoms with Gasteiger partial charge in [-0.05, 0) is 51.8 Å². The molecule has 1 unspecified atom stereocenters. The zero-order valence-electron chi connectivity index (χ0n) is 13.1. The molecule has 1 aliphatic rings. The third-order valence-corrected chi connectivity index (χ3v) is 4.09. The quantitative estimate of drug-likeness (QED) is 0.908. The second-order valence-electron chi connectivity index (χ2n) is 6.13. The number of hydrogen-bond acceptors (Lipinski definition) is 3. The Morgan fingerprint density at radius 1 is 1.52 bits per heavy atom. The Morgan fingerprint density at radius 3 is 2.86 bits per heavy atom. The SMILES string of the molecule is CC(C)N(CC1CCCNC1)C(=O)c1ccn(C)c(=O)c1. The Bertz CT molecular complexity index is 545. The van der Waals surface area contributed by atoms with Gasteiger partial charge < -0.3 is 14.8 Å². The lowest BCUT2D eigenvalue weighted by atomic mass is 9.98. The van der Waals surface area contributed by atoms with Crippen molar-refractivity contribution in [1.82, 2.24) is 14.8 Å². The average Bonchev–Trinajstić information content (AvgIpc) is 2.47. The van der Waals surface area contributed by atoms with Crippen molar-refractivity contribution in [3.05, 3.63) is 34.2 Å². The van der Waals surface area contributed by atoms with Crippen LogP contribution in [0, 0.1) is 5.92 Å². The number of carbonyl (C=O) groups is 1. The van der Waals surface area contributed by atoms with E-state index in [2.05, 4.69) is 5.32 Å². The number of rotatable bonds is 4. The second kappa shape index (κ2) is 6.89. The van der Waals surface area contributed by atoms with Crippen LogP contribution in [-0.2, 0) is 7.05 Å². The molecule has 0 aliphatic carbocycles. The fourth-order valence-electron chi connectivity index (χ4n) is 2.73. The molecule has 2 rings (SSSR count). The summed E-state index contributed by atoms with van der Waals surface area (Å²) in [6.07, 6.45) is 3.97. The maximum absolute atomic E-state index is 12.7. The summed E-state index contributed by atoms with van der Waals surface area (Å²) >= 11 is 0. The highest BCUT2D eigenvalue weighted by Gasteiger charge is 2.24. The number of hydrogen-bond donors (Lipinski definition) is 1. The van der Waals surface area contributed by atoms with E-state index in [0.717, 1.165) is 32.5 Å². The first-order chi connectivity index (χ1) is 9.99. The van der Waals surface area contributed by atoms with Crippen molar-refractivity contribution in [3.8, 4) is 0 Å². The molecule has 1 fully saturated rings. The lowest BCUT2D eigenvalue weighted by molar-refractivity contribution is 0.0660. The lowest BCUT2D eigenvalue weighted by Gasteiger charge is -2.33. The highest BCUT2D eigenvalue weighted by Crippen LogP contribution is 2.15. The van der Waals surface area contributed by atoms with E-state index in [0.29, 0.717) is 11.5 Å². The Labute approximate surface area is 126 Å². The molecule has 1 aliphatic heterocycles. The maximum Gasteiger partial charge on any atom is 0.254 e. The molecule has 5 heteroatoms. The summed E-state index contributed by atoms with van der Waals surface area (Å²) in [5.74, 6) is 0.449. The first kappa shape index (κ1) is 15.8. The molecule has 1 N–H and O–H groups in total. The van der Waals surface area contributed by atoms with Crippen LogP contribution < -0.4 is 10.9 Å². The Balaban J connectivity index is 2.14. The van der Waals surface area contributed by atoms with Crippen LogP contribution in [0.15, 0.2) is 23.1 Å². The molecule has 1 aromatic heterocycles. The van der Waals surface area contributed by atoms with Crippen molar-refractivity contribution in [1.29, 1.82) is 0 Å². The summed E-state index contributed by atoms with van der Waals surface area (Å²) in [4.78, 5) is 26.3. The van der Waals surface area contributed by atoms with Gasteiger partial charge in [0.1, 0.15) is 0 Å². The number of pyridine rings is 1. The highest BCUT2D eigenvalue weighted by molar-refractivity contribution is 5.94. The van der Waals surface area contributed by atoms with Gasteiger partial charge in [0, 0.05) is 37.5 Å². The summed E-state index contributed by atoms with van der Waals surface area (Å²) in [5.41, 5.74) is 0.333. The minimum atomic E-state index is -0.149. The van der Waals surface area contributed by atoms with Crippen LogP contribution in [0.4, 0.5) is 0 Å². The fourth-order valence-corrected chi connectivity index (χ4v) is 2.73. The van der Waals surface area contributed by atoms with Crippen molar-refractivity contribution in [2.75, 3.05) is 19.6 Å². The summed E-state index contributed by atoms with van der Waals surface area (Å²) in [7, 11) is 1.69. The van der Waals surface area contributed by atoms with Gasteiger partial charge in [0.2, 0.25) is 0 Å². The van der Waals surface area contributed by atoms with Crippen LogP contribution in [0.5, 0.6) is 0 Å². The summed E-state index contributed by atoms with van der Waals surface area (Å²) in [6.45, 7) is 6.83. The van der Waals surface area contributed by atoms with E-state index in [1.807, 2.05) is 18.7 Å². The predicted molar refractivity (Wildman–Crippen MR) is 83.4 cm³/mol. The molecule has 1 amide bonds. The molecule has 0 bridgehead atoms. The molecule has 5 nitrogen and oxygen atoms in total. The van der Waals surface area contributed by atoms with Gasteiger partial charge in [-0.2, -0.15) is 0 Å². The number of carbonyl (C=O) groups excluding carboxylic acids is 1. The molecule has 21 heavy (non-hydrogen) atoms. The van der Waals surface area contributed by atoms with E-state index in [9.17, 15) is 9.59 Å². The van der Waals surface area contributed by atoms with Gasteiger partial charge in [-0.25, -0.2) is 0 Å². The zero-order chi connectivity index (χ0) is 15.4. The standard InChI is InChI=1S/C16H25N3O2/c1-12(2)19(11-13-5-4-7-17-10-13)16(21)14-6-8-18(3)15(20)9-14/h6,8-9,12-13,17H,4-5,7,10-11H2,1-3H3. The molecule has 1 saturated heterocycles. The molecule has 0 saturated carbocycles. The Hall–Kier alpha value is -1.62. The highest BCUT2D eigenvalue weighted by atomic mass is 16.2. The third-order valence-electron chi connectivity index (χ3n) is 4.09. The number of piperidine rings is 1. The van der Waals surface area contributed by atoms with Crippen LogP contribution in [0.3, 0.4) is 0 Å². The number of amides is 1. The van der Waals surface area contributed by atoms with Crippen molar-refractivity contribution in [3.63, 3.8) is 0 Å². The second-order valence-corrected chi connectivity index (χ2v) is 6.13. The Morgan fingerprint density at radius 2 is 2.29 bits per heavy atom. The van der Waals surface area contributed by atoms with Gasteiger partial charge in [0.15, 0.2) is 0 Å². The number of aromatic nitrogens is 1. The van der Waals surface area contributed by atoms with E-state index >= 15 is 0 Å². The normalized spacial score (nSPS) is 18.8. The molecule has 0 radical (unpaired) electrons. The number of nitrogens with zero attached hydrogens (tertiary/aromatic N) is 2. The van der Waals surface area contributed by atoms with E-state index in [1.165, 1.54) is 10.6 Å². The van der Waals surface area contributed by atoms with Gasteiger partial charge in [0.05, 0.1) is 0 Å². The number of nitrogens with one attached hydrogen (secondary N) is 1. The molecule has 0 aromatic carbocycles. The summed E-state index contributed by atoms with van der Waals surface area (Å²) in [6, 6.07) is 3.28. The summed E-state index contributed by atoms with van der Waals surface area (Å²) < 4.78 is 1.47. The van der Waals surface area contributed by atoms with Crippen LogP contribution in [0.2, 0.25) is 0 Å². The summed E-state index contributed by atoms with van der Waals surface area (Å²) in [5, 5.41) is 3.38. The lowest BCUT2D eigenvalue weighted by Crippen LogP contribution is -2.44. The van der Waals surface area contributed by atoms with E-state index in [4.69, 9.17) is 0 Å². The van der Waals surface area contributed by atoms with Crippen molar-refractivity contribution in [2.45, 2.75) is 32.7 Å². The monoisotopic (exact) mass is 291 g/mol. The third kappa shape index (κ3) is 3.94. The zero-order valence-corrected chi connectivity index (χ0v) is 13.1. The minimum Gasteiger partial charge on any atom is -0.336 e. The topological polar surface area (TPSA) is 54.3 Å². The van der Waals surface area contributed by atoms with Crippen LogP contribution in [-0.4, -0.2) is 41.1 Å². The molecule has 0 spiro atoms. The van der Waals surface area contributed by atoms with Crippen LogP contribution >= 0.6 is 0 Å². The fraction of sp³-hybridized carbons (Fsp3) is 0.625. The van der Waals surface area contributed by atoms with E-state index in [-0.39, 0.29) is 17.5 Å². The van der Waals surface area contributed by atoms with Gasteiger partial charge in [-0.1, -0.05) is 0 Å². The predicted octanol–water partition coefficient (Wildman–Crippen LogP) is 1.24. The van der Waals surface area contributed by atoms with Gasteiger partial charge >= 0.3 is 0 Å².